The molecule has 1 atom stereocenters. The van der Waals surface area contributed by atoms with Gasteiger partial charge in [-0.3, -0.25) is 19.3 Å². The average Bonchev–Trinajstić information content (AvgIpc) is 3.60. The number of rotatable bonds is 7. The lowest BCUT2D eigenvalue weighted by Crippen LogP contribution is -2.46. The van der Waals surface area contributed by atoms with Crippen molar-refractivity contribution in [3.8, 4) is 5.75 Å². The number of halogens is 1. The molecule has 1 unspecified atom stereocenters. The summed E-state index contributed by atoms with van der Waals surface area (Å²) in [5, 5.41) is 7.94. The second kappa shape index (κ2) is 8.53. The molecule has 0 spiro atoms. The first-order chi connectivity index (χ1) is 15.7. The highest BCUT2D eigenvalue weighted by Gasteiger charge is 2.56. The minimum Gasteiger partial charge on any atom is -0.495 e. The van der Waals surface area contributed by atoms with Crippen LogP contribution in [-0.4, -0.2) is 47.8 Å². The number of carbonyl (C=O) groups excluding carboxylic acids is 4. The topological polar surface area (TPSA) is 117 Å². The zero-order valence-electron chi connectivity index (χ0n) is 18.1. The molecule has 1 saturated heterocycles. The summed E-state index contributed by atoms with van der Waals surface area (Å²) < 4.78 is 18.7. The number of anilines is 2. The molecule has 2 fully saturated rings. The molecule has 172 valence electrons. The van der Waals surface area contributed by atoms with Crippen LogP contribution in [0.2, 0.25) is 0 Å². The van der Waals surface area contributed by atoms with Gasteiger partial charge in [-0.05, 0) is 62.1 Å². The third kappa shape index (κ3) is 4.50. The van der Waals surface area contributed by atoms with E-state index in [2.05, 4.69) is 16.0 Å². The van der Waals surface area contributed by atoms with Gasteiger partial charge in [0.1, 0.15) is 23.7 Å². The second-order valence-corrected chi connectivity index (χ2v) is 8.23. The van der Waals surface area contributed by atoms with E-state index in [1.165, 1.54) is 37.4 Å². The quantitative estimate of drug-likeness (QED) is 0.557. The Bertz CT molecular complexity index is 1150. The van der Waals surface area contributed by atoms with Crippen molar-refractivity contribution in [3.05, 3.63) is 53.8 Å². The molecule has 5 amide bonds. The largest absolute Gasteiger partial charge is 0.495 e. The lowest BCUT2D eigenvalue weighted by atomic mass is 9.96. The summed E-state index contributed by atoms with van der Waals surface area (Å²) in [5.41, 5.74) is -0.289. The number of ether oxygens (including phenoxy) is 1. The van der Waals surface area contributed by atoms with E-state index in [9.17, 15) is 23.6 Å². The zero-order valence-corrected chi connectivity index (χ0v) is 18.1. The normalized spacial score (nSPS) is 19.8. The van der Waals surface area contributed by atoms with Gasteiger partial charge < -0.3 is 20.7 Å². The van der Waals surface area contributed by atoms with Crippen LogP contribution in [0, 0.1) is 11.7 Å². The van der Waals surface area contributed by atoms with Crippen LogP contribution in [0.3, 0.4) is 0 Å². The number of urea groups is 1. The lowest BCUT2D eigenvalue weighted by molar-refractivity contribution is -0.134. The molecule has 0 bridgehead atoms. The molecule has 33 heavy (non-hydrogen) atoms. The van der Waals surface area contributed by atoms with Gasteiger partial charge in [-0.15, -0.1) is 0 Å². The monoisotopic (exact) mass is 454 g/mol. The highest BCUT2D eigenvalue weighted by Crippen LogP contribution is 2.42. The van der Waals surface area contributed by atoms with E-state index >= 15 is 0 Å². The molecular weight excluding hydrogens is 431 g/mol. The van der Waals surface area contributed by atoms with Crippen molar-refractivity contribution in [2.24, 2.45) is 5.92 Å². The molecule has 10 heteroatoms. The molecule has 1 aliphatic carbocycles. The Morgan fingerprint density at radius 2 is 1.94 bits per heavy atom. The number of imide groups is 1. The van der Waals surface area contributed by atoms with E-state index in [-0.39, 0.29) is 17.2 Å². The number of nitrogens with one attached hydrogen (secondary N) is 3. The number of amides is 5. The van der Waals surface area contributed by atoms with Gasteiger partial charge in [0.2, 0.25) is 5.91 Å². The fourth-order valence-corrected chi connectivity index (χ4v) is 3.85. The van der Waals surface area contributed by atoms with Crippen LogP contribution < -0.4 is 20.7 Å². The van der Waals surface area contributed by atoms with Crippen LogP contribution in [0.25, 0.3) is 0 Å². The van der Waals surface area contributed by atoms with Crippen molar-refractivity contribution in [1.82, 2.24) is 10.2 Å². The van der Waals surface area contributed by atoms with E-state index in [0.717, 1.165) is 23.8 Å². The van der Waals surface area contributed by atoms with Crippen molar-refractivity contribution in [1.29, 1.82) is 0 Å². The van der Waals surface area contributed by atoms with E-state index in [1.807, 2.05) is 0 Å². The molecule has 9 nitrogen and oxygen atoms in total. The van der Waals surface area contributed by atoms with Crippen LogP contribution in [0.15, 0.2) is 42.5 Å². The Kier molecular flexibility index (Phi) is 5.75. The molecule has 1 saturated carbocycles. The van der Waals surface area contributed by atoms with Crippen molar-refractivity contribution in [2.75, 3.05) is 24.3 Å². The number of carbonyl (C=O) groups is 4. The number of hydrogen-bond acceptors (Lipinski definition) is 5. The van der Waals surface area contributed by atoms with Gasteiger partial charge in [-0.1, -0.05) is 6.07 Å². The predicted molar refractivity (Wildman–Crippen MR) is 117 cm³/mol. The fourth-order valence-electron chi connectivity index (χ4n) is 3.85. The van der Waals surface area contributed by atoms with Crippen molar-refractivity contribution >= 4 is 35.1 Å². The first-order valence-electron chi connectivity index (χ1n) is 10.4. The smallest absolute Gasteiger partial charge is 0.325 e. The maximum Gasteiger partial charge on any atom is 0.325 e. The fraction of sp³-hybridized carbons (Fsp3) is 0.304. The minimum atomic E-state index is -0.966. The van der Waals surface area contributed by atoms with Gasteiger partial charge in [0.15, 0.2) is 0 Å². The maximum absolute atomic E-state index is 13.4. The van der Waals surface area contributed by atoms with Gasteiger partial charge in [0, 0.05) is 11.3 Å². The number of nitrogens with zero attached hydrogens (tertiary/aromatic N) is 1. The predicted octanol–water partition coefficient (Wildman–Crippen LogP) is 2.75. The molecule has 2 aromatic carbocycles. The Hall–Kier alpha value is -3.95. The molecule has 2 aromatic rings. The van der Waals surface area contributed by atoms with E-state index in [4.69, 9.17) is 4.74 Å². The number of methoxy groups -OCH3 is 1. The van der Waals surface area contributed by atoms with Crippen LogP contribution in [0.4, 0.5) is 20.6 Å². The average molecular weight is 454 g/mol. The molecule has 1 aliphatic heterocycles. The summed E-state index contributed by atoms with van der Waals surface area (Å²) in [7, 11) is 1.42. The van der Waals surface area contributed by atoms with Gasteiger partial charge in [0.25, 0.3) is 11.8 Å². The summed E-state index contributed by atoms with van der Waals surface area (Å²) in [6.07, 6.45) is 1.72. The van der Waals surface area contributed by atoms with Crippen molar-refractivity contribution < 1.29 is 28.3 Å². The summed E-state index contributed by atoms with van der Waals surface area (Å²) in [4.78, 5) is 50.9. The van der Waals surface area contributed by atoms with Gasteiger partial charge in [-0.2, -0.15) is 0 Å². The Labute approximate surface area is 189 Å². The van der Waals surface area contributed by atoms with Crippen LogP contribution in [0.1, 0.15) is 30.1 Å². The molecule has 0 aromatic heterocycles. The highest BCUT2D eigenvalue weighted by molar-refractivity contribution is 6.10. The number of benzene rings is 2. The first-order valence-corrected chi connectivity index (χ1v) is 10.4. The maximum atomic E-state index is 13.4. The van der Waals surface area contributed by atoms with Crippen molar-refractivity contribution in [3.63, 3.8) is 0 Å². The SMILES string of the molecule is COc1ccc(NC(=O)CN2C(=O)NC(C)(C3CC3)C2=O)cc1NC(=O)c1cccc(F)c1. The molecule has 3 N–H and O–H groups in total. The Balaban J connectivity index is 1.45. The molecule has 1 heterocycles. The second-order valence-electron chi connectivity index (χ2n) is 8.23. The summed E-state index contributed by atoms with van der Waals surface area (Å²) in [5.74, 6) is -1.68. The number of hydrogen-bond donors (Lipinski definition) is 3. The van der Waals surface area contributed by atoms with Gasteiger partial charge in [-0.25, -0.2) is 9.18 Å². The van der Waals surface area contributed by atoms with Crippen molar-refractivity contribution in [2.45, 2.75) is 25.3 Å². The van der Waals surface area contributed by atoms with E-state index in [1.54, 1.807) is 13.0 Å². The standard InChI is InChI=1S/C23H23FN4O5/c1-23(14-6-7-14)21(31)28(22(32)27-23)12-19(29)25-16-8-9-18(33-2)17(11-16)26-20(30)13-4-3-5-15(24)10-13/h3-5,8-11,14H,6-7,12H2,1-2H3,(H,25,29)(H,26,30)(H,27,32). The Morgan fingerprint density at radius 1 is 1.18 bits per heavy atom. The Morgan fingerprint density at radius 3 is 2.61 bits per heavy atom. The van der Waals surface area contributed by atoms with Crippen LogP contribution in [-0.2, 0) is 9.59 Å². The highest BCUT2D eigenvalue weighted by atomic mass is 19.1. The van der Waals surface area contributed by atoms with Crippen LogP contribution in [0.5, 0.6) is 5.75 Å². The van der Waals surface area contributed by atoms with E-state index in [0.29, 0.717) is 11.4 Å². The van der Waals surface area contributed by atoms with Gasteiger partial charge >= 0.3 is 6.03 Å². The third-order valence-electron chi connectivity index (χ3n) is 5.81. The minimum absolute atomic E-state index is 0.0906. The molecule has 2 aliphatic rings. The molecular formula is C23H23FN4O5. The summed E-state index contributed by atoms with van der Waals surface area (Å²) in [6, 6.07) is 9.17. The van der Waals surface area contributed by atoms with Crippen LogP contribution >= 0.6 is 0 Å². The first kappa shape index (κ1) is 22.3. The summed E-state index contributed by atoms with van der Waals surface area (Å²) >= 11 is 0. The zero-order chi connectivity index (χ0) is 23.8. The van der Waals surface area contributed by atoms with Gasteiger partial charge in [0.05, 0.1) is 12.8 Å². The third-order valence-corrected chi connectivity index (χ3v) is 5.81. The molecule has 4 rings (SSSR count). The lowest BCUT2D eigenvalue weighted by Gasteiger charge is -2.20. The molecule has 0 radical (unpaired) electrons. The van der Waals surface area contributed by atoms with E-state index < -0.39 is 41.7 Å². The summed E-state index contributed by atoms with van der Waals surface area (Å²) in [6.45, 7) is 1.24.